The van der Waals surface area contributed by atoms with Gasteiger partial charge in [-0.3, -0.25) is 14.9 Å². The van der Waals surface area contributed by atoms with Crippen molar-refractivity contribution < 1.29 is 20.4 Å². The molecular weight excluding hydrogens is 378 g/mol. The smallest absolute Gasteiger partial charge is 0.286 e. The van der Waals surface area contributed by atoms with Crippen molar-refractivity contribution >= 4 is 33.9 Å². The van der Waals surface area contributed by atoms with E-state index in [0.717, 1.165) is 28.2 Å². The number of ether oxygens (including phenoxy) is 2. The minimum atomic E-state index is -1.52. The summed E-state index contributed by atoms with van der Waals surface area (Å²) in [5.41, 5.74) is 2.60. The van der Waals surface area contributed by atoms with Crippen LogP contribution in [0.25, 0.3) is 11.0 Å². The van der Waals surface area contributed by atoms with Gasteiger partial charge in [-0.05, 0) is 36.2 Å². The average Bonchev–Trinajstić information content (AvgIpc) is 3.15. The summed E-state index contributed by atoms with van der Waals surface area (Å²) < 4.78 is 21.3. The Morgan fingerprint density at radius 2 is 1.96 bits per heavy atom. The van der Waals surface area contributed by atoms with Crippen LogP contribution in [0.2, 0.25) is 0 Å². The number of methoxy groups -OCH3 is 1. The molecule has 2 amide bonds. The molecule has 1 atom stereocenters. The highest BCUT2D eigenvalue weighted by Gasteiger charge is 2.31. The van der Waals surface area contributed by atoms with E-state index in [2.05, 4.69) is 10.3 Å². The normalized spacial score (nSPS) is 19.6. The van der Waals surface area contributed by atoms with Gasteiger partial charge in [0.05, 0.1) is 24.7 Å². The first-order valence-corrected chi connectivity index (χ1v) is 9.45. The number of imide groups is 1. The molecule has 0 unspecified atom stereocenters. The van der Waals surface area contributed by atoms with Gasteiger partial charge >= 0.3 is 0 Å². The second kappa shape index (κ2) is 7.55. The second-order valence-electron chi connectivity index (χ2n) is 6.32. The van der Waals surface area contributed by atoms with Gasteiger partial charge in [0.15, 0.2) is 0 Å². The number of aryl methyl sites for hydroxylation is 1. The number of amides is 2. The minimum absolute atomic E-state index is 0.141. The van der Waals surface area contributed by atoms with E-state index in [1.165, 1.54) is 0 Å². The number of hydrogen-bond donors (Lipinski definition) is 1. The number of benzene rings is 2. The number of rotatable bonds is 6. The van der Waals surface area contributed by atoms with Gasteiger partial charge in [-0.2, -0.15) is 0 Å². The number of carbonyl (C=O) groups excluding carboxylic acids is 2. The van der Waals surface area contributed by atoms with Crippen LogP contribution in [0.4, 0.5) is 4.79 Å². The van der Waals surface area contributed by atoms with E-state index in [-0.39, 0.29) is 6.42 Å². The van der Waals surface area contributed by atoms with Crippen LogP contribution < -0.4 is 14.8 Å². The Morgan fingerprint density at radius 3 is 2.64 bits per heavy atom. The lowest BCUT2D eigenvalue weighted by molar-refractivity contribution is -0.118. The standard InChI is InChI=1S/C20H19N3O4S/c1-23-16-10-14(26-2)7-8-15(16)21-18(23)11-27-13-5-3-12(4-6-13)9-17-19(24)22-20(25)28-17/h3-8,10,17H,9,11H2,1-2H3,(H,22,24,25)/t17-/m1/s1/i17D. The second-order valence-corrected chi connectivity index (χ2v) is 7.39. The Morgan fingerprint density at radius 1 is 1.21 bits per heavy atom. The van der Waals surface area contributed by atoms with Crippen molar-refractivity contribution in [1.29, 1.82) is 0 Å². The lowest BCUT2D eigenvalue weighted by atomic mass is 10.1. The van der Waals surface area contributed by atoms with Crippen LogP contribution >= 0.6 is 11.8 Å². The zero-order valence-electron chi connectivity index (χ0n) is 16.4. The summed E-state index contributed by atoms with van der Waals surface area (Å²) in [7, 11) is 3.55. The summed E-state index contributed by atoms with van der Waals surface area (Å²) in [5.74, 6) is 1.62. The van der Waals surface area contributed by atoms with E-state index < -0.39 is 16.4 Å². The van der Waals surface area contributed by atoms with Gasteiger partial charge in [0, 0.05) is 13.1 Å². The lowest BCUT2D eigenvalue weighted by Gasteiger charge is -2.09. The molecular formula is C20H19N3O4S. The molecule has 0 radical (unpaired) electrons. The van der Waals surface area contributed by atoms with Crippen molar-refractivity contribution in [3.8, 4) is 11.5 Å². The fourth-order valence-corrected chi connectivity index (χ4v) is 3.73. The van der Waals surface area contributed by atoms with Crippen molar-refractivity contribution in [1.82, 2.24) is 14.9 Å². The van der Waals surface area contributed by atoms with Crippen LogP contribution in [0.15, 0.2) is 42.5 Å². The summed E-state index contributed by atoms with van der Waals surface area (Å²) in [6.07, 6.45) is 0.141. The third-order valence-corrected chi connectivity index (χ3v) is 5.38. The summed E-state index contributed by atoms with van der Waals surface area (Å²) >= 11 is 0.705. The molecule has 1 N–H and O–H groups in total. The fraction of sp³-hybridized carbons (Fsp3) is 0.250. The number of nitrogens with one attached hydrogen (secondary N) is 1. The highest BCUT2D eigenvalue weighted by Crippen LogP contribution is 2.25. The van der Waals surface area contributed by atoms with Crippen LogP contribution in [0.5, 0.6) is 11.5 Å². The number of carbonyl (C=O) groups is 2. The van der Waals surface area contributed by atoms with Crippen LogP contribution in [0, 0.1) is 0 Å². The van der Waals surface area contributed by atoms with Gasteiger partial charge in [-0.1, -0.05) is 23.9 Å². The monoisotopic (exact) mass is 398 g/mol. The summed E-state index contributed by atoms with van der Waals surface area (Å²) in [6, 6.07) is 12.9. The topological polar surface area (TPSA) is 82.4 Å². The van der Waals surface area contributed by atoms with Gasteiger partial charge < -0.3 is 14.0 Å². The third kappa shape index (κ3) is 3.68. The molecule has 0 aliphatic carbocycles. The van der Waals surface area contributed by atoms with Crippen molar-refractivity contribution in [3.05, 3.63) is 53.9 Å². The van der Waals surface area contributed by atoms with E-state index in [1.807, 2.05) is 29.8 Å². The Kier molecular flexibility index (Phi) is 4.62. The zero-order valence-corrected chi connectivity index (χ0v) is 16.2. The Hall–Kier alpha value is -3.00. The van der Waals surface area contributed by atoms with Crippen LogP contribution in [0.3, 0.4) is 0 Å². The Bertz CT molecular complexity index is 1100. The molecule has 1 aliphatic rings. The zero-order chi connectivity index (χ0) is 20.6. The van der Waals surface area contributed by atoms with Crippen molar-refractivity contribution in [2.24, 2.45) is 7.05 Å². The van der Waals surface area contributed by atoms with Crippen molar-refractivity contribution in [3.63, 3.8) is 0 Å². The predicted molar refractivity (Wildman–Crippen MR) is 107 cm³/mol. The maximum absolute atomic E-state index is 11.8. The molecule has 3 aromatic rings. The van der Waals surface area contributed by atoms with E-state index in [9.17, 15) is 9.59 Å². The minimum Gasteiger partial charge on any atom is -0.497 e. The molecule has 28 heavy (non-hydrogen) atoms. The first-order chi connectivity index (χ1) is 13.9. The summed E-state index contributed by atoms with van der Waals surface area (Å²) in [5, 5.41) is 0.155. The predicted octanol–water partition coefficient (Wildman–Crippen LogP) is 3.06. The quantitative estimate of drug-likeness (QED) is 0.687. The molecule has 144 valence electrons. The van der Waals surface area contributed by atoms with Crippen molar-refractivity contribution in [2.75, 3.05) is 7.11 Å². The van der Waals surface area contributed by atoms with Gasteiger partial charge in [-0.15, -0.1) is 0 Å². The highest BCUT2D eigenvalue weighted by molar-refractivity contribution is 8.15. The molecule has 0 saturated carbocycles. The largest absolute Gasteiger partial charge is 0.497 e. The van der Waals surface area contributed by atoms with Crippen LogP contribution in [-0.4, -0.2) is 33.0 Å². The maximum atomic E-state index is 11.8. The van der Waals surface area contributed by atoms with Gasteiger partial charge in [-0.25, -0.2) is 4.98 Å². The van der Waals surface area contributed by atoms with Gasteiger partial charge in [0.1, 0.15) is 23.9 Å². The molecule has 7 nitrogen and oxygen atoms in total. The molecule has 4 rings (SSSR count). The third-order valence-electron chi connectivity index (χ3n) is 4.52. The molecule has 2 heterocycles. The number of thioether (sulfide) groups is 1. The van der Waals surface area contributed by atoms with E-state index in [0.29, 0.717) is 24.1 Å². The van der Waals surface area contributed by atoms with E-state index >= 15 is 0 Å². The number of aromatic nitrogens is 2. The van der Waals surface area contributed by atoms with Gasteiger partial charge in [0.25, 0.3) is 5.24 Å². The highest BCUT2D eigenvalue weighted by atomic mass is 32.2. The first kappa shape index (κ1) is 17.1. The molecule has 0 bridgehead atoms. The molecule has 1 aliphatic heterocycles. The molecule has 1 fully saturated rings. The molecule has 8 heteroatoms. The van der Waals surface area contributed by atoms with E-state index in [4.69, 9.17) is 10.8 Å². The summed E-state index contributed by atoms with van der Waals surface area (Å²) in [6.45, 7) is 0.294. The Labute approximate surface area is 167 Å². The summed E-state index contributed by atoms with van der Waals surface area (Å²) in [4.78, 5) is 27.7. The molecule has 1 saturated heterocycles. The SMILES string of the molecule is [2H][C@]1(Cc2ccc(OCc3nc4ccc(OC)cc4n3C)cc2)SC(=O)NC1=O. The first-order valence-electron chi connectivity index (χ1n) is 9.13. The number of nitrogens with zero attached hydrogens (tertiary/aromatic N) is 2. The number of imidazole rings is 1. The van der Waals surface area contributed by atoms with Crippen LogP contribution in [-0.2, 0) is 24.9 Å². The lowest BCUT2D eigenvalue weighted by Crippen LogP contribution is -2.25. The number of hydrogen-bond acceptors (Lipinski definition) is 6. The number of fused-ring (bicyclic) bond motifs is 1. The Balaban J connectivity index is 1.43. The fourth-order valence-electron chi connectivity index (χ4n) is 2.97. The molecule has 0 spiro atoms. The molecule has 2 aromatic carbocycles. The average molecular weight is 398 g/mol. The van der Waals surface area contributed by atoms with Crippen molar-refractivity contribution in [2.45, 2.75) is 18.3 Å². The van der Waals surface area contributed by atoms with Crippen LogP contribution in [0.1, 0.15) is 12.8 Å². The van der Waals surface area contributed by atoms with Gasteiger partial charge in [0.2, 0.25) is 5.91 Å². The molecule has 1 aromatic heterocycles. The maximum Gasteiger partial charge on any atom is 0.286 e. The van der Waals surface area contributed by atoms with E-state index in [1.54, 1.807) is 31.4 Å².